The van der Waals surface area contributed by atoms with Gasteiger partial charge in [-0.3, -0.25) is 4.79 Å². The van der Waals surface area contributed by atoms with Crippen LogP contribution in [0.5, 0.6) is 0 Å². The fourth-order valence-electron chi connectivity index (χ4n) is 3.77. The molecule has 182 valence electrons. The lowest BCUT2D eigenvalue weighted by Gasteiger charge is -2.17. The number of fused-ring (bicyclic) bond motifs is 1. The van der Waals surface area contributed by atoms with Crippen molar-refractivity contribution in [1.82, 2.24) is 14.3 Å². The summed E-state index contributed by atoms with van der Waals surface area (Å²) in [7, 11) is -2.78. The van der Waals surface area contributed by atoms with Crippen molar-refractivity contribution in [2.24, 2.45) is 0 Å². The number of benzene rings is 3. The van der Waals surface area contributed by atoms with Gasteiger partial charge in [-0.1, -0.05) is 54.6 Å². The molecule has 3 aromatic carbocycles. The minimum absolute atomic E-state index is 0.0467. The van der Waals surface area contributed by atoms with Crippen LogP contribution in [0.3, 0.4) is 0 Å². The first-order chi connectivity index (χ1) is 16.9. The summed E-state index contributed by atoms with van der Waals surface area (Å²) in [6.45, 7) is 2.58. The highest BCUT2D eigenvalue weighted by atomic mass is 32.2. The minimum atomic E-state index is -3.98. The summed E-state index contributed by atoms with van der Waals surface area (Å²) in [5, 5.41) is 0. The number of sulfonamides is 1. The maximum atomic E-state index is 13.0. The van der Waals surface area contributed by atoms with Crippen LogP contribution in [-0.2, 0) is 37.4 Å². The molecule has 1 atom stereocenters. The lowest BCUT2D eigenvalue weighted by molar-refractivity contribution is -0.144. The summed E-state index contributed by atoms with van der Waals surface area (Å²) in [5.74, 6) is 0.154. The quantitative estimate of drug-likeness (QED) is 0.340. The number of imidazole rings is 1. The van der Waals surface area contributed by atoms with Gasteiger partial charge in [0.2, 0.25) is 10.0 Å². The molecule has 1 aromatic heterocycles. The van der Waals surface area contributed by atoms with Gasteiger partial charge in [0.1, 0.15) is 11.9 Å². The summed E-state index contributed by atoms with van der Waals surface area (Å²) in [6.07, 6.45) is 0. The van der Waals surface area contributed by atoms with Crippen molar-refractivity contribution >= 4 is 27.0 Å². The van der Waals surface area contributed by atoms with Crippen LogP contribution < -0.4 is 4.72 Å². The van der Waals surface area contributed by atoms with Gasteiger partial charge in [-0.25, -0.2) is 13.4 Å². The Hall–Kier alpha value is -3.53. The molecule has 1 heterocycles. The summed E-state index contributed by atoms with van der Waals surface area (Å²) >= 11 is 0. The molecule has 0 fully saturated rings. The van der Waals surface area contributed by atoms with Crippen LogP contribution in [0.1, 0.15) is 17.0 Å². The summed E-state index contributed by atoms with van der Waals surface area (Å²) in [4.78, 5) is 16.8. The number of carbonyl (C=O) groups excluding carboxylic acids is 1. The number of methoxy groups -OCH3 is 1. The molecule has 0 aliphatic carbocycles. The second-order valence-electron chi connectivity index (χ2n) is 8.08. The zero-order chi connectivity index (χ0) is 24.8. The van der Waals surface area contributed by atoms with Gasteiger partial charge in [-0.2, -0.15) is 4.72 Å². The Balaban J connectivity index is 1.44. The summed E-state index contributed by atoms with van der Waals surface area (Å²) in [6, 6.07) is 22.6. The average Bonchev–Trinajstić information content (AvgIpc) is 3.18. The van der Waals surface area contributed by atoms with Crippen LogP contribution in [0.15, 0.2) is 83.8 Å². The van der Waals surface area contributed by atoms with Crippen molar-refractivity contribution in [3.63, 3.8) is 0 Å². The summed E-state index contributed by atoms with van der Waals surface area (Å²) in [5.41, 5.74) is 3.76. The molecule has 0 aliphatic heterocycles. The van der Waals surface area contributed by atoms with Crippen LogP contribution in [-0.4, -0.2) is 43.7 Å². The van der Waals surface area contributed by atoms with Gasteiger partial charge in [-0.05, 0) is 42.3 Å². The highest BCUT2D eigenvalue weighted by molar-refractivity contribution is 7.89. The lowest BCUT2D eigenvalue weighted by atomic mass is 10.2. The molecule has 0 unspecified atom stereocenters. The Morgan fingerprint density at radius 2 is 1.66 bits per heavy atom. The number of hydrogen-bond donors (Lipinski definition) is 1. The fraction of sp³-hybridized carbons (Fsp3) is 0.231. The van der Waals surface area contributed by atoms with Gasteiger partial charge in [0, 0.05) is 6.54 Å². The first kappa shape index (κ1) is 24.6. The van der Waals surface area contributed by atoms with E-state index in [0.717, 1.165) is 28.0 Å². The highest BCUT2D eigenvalue weighted by Gasteiger charge is 2.27. The maximum Gasteiger partial charge on any atom is 0.326 e. The molecule has 9 heteroatoms. The van der Waals surface area contributed by atoms with Crippen molar-refractivity contribution in [2.45, 2.75) is 31.0 Å². The zero-order valence-electron chi connectivity index (χ0n) is 19.5. The highest BCUT2D eigenvalue weighted by Crippen LogP contribution is 2.19. The zero-order valence-corrected chi connectivity index (χ0v) is 20.4. The molecule has 1 N–H and O–H groups in total. The number of nitrogens with one attached hydrogen (secondary N) is 1. The van der Waals surface area contributed by atoms with Crippen molar-refractivity contribution < 1.29 is 22.7 Å². The second kappa shape index (κ2) is 10.8. The van der Waals surface area contributed by atoms with Gasteiger partial charge >= 0.3 is 5.97 Å². The molecule has 0 radical (unpaired) electrons. The number of para-hydroxylation sites is 2. The number of nitrogens with zero attached hydrogens (tertiary/aromatic N) is 2. The Morgan fingerprint density at radius 3 is 2.37 bits per heavy atom. The monoisotopic (exact) mass is 493 g/mol. The third-order valence-corrected chi connectivity index (χ3v) is 7.09. The molecule has 8 nitrogen and oxygen atoms in total. The van der Waals surface area contributed by atoms with E-state index in [4.69, 9.17) is 9.47 Å². The topological polar surface area (TPSA) is 99.5 Å². The van der Waals surface area contributed by atoms with E-state index in [1.807, 2.05) is 61.5 Å². The van der Waals surface area contributed by atoms with E-state index >= 15 is 0 Å². The molecule has 0 bridgehead atoms. The average molecular weight is 494 g/mol. The molecule has 35 heavy (non-hydrogen) atoms. The smallest absolute Gasteiger partial charge is 0.326 e. The number of rotatable bonds is 10. The first-order valence-corrected chi connectivity index (χ1v) is 12.6. The Kier molecular flexibility index (Phi) is 7.60. The van der Waals surface area contributed by atoms with Gasteiger partial charge in [0.05, 0.1) is 36.3 Å². The third kappa shape index (κ3) is 5.94. The molecule has 0 amide bonds. The lowest BCUT2D eigenvalue weighted by Crippen LogP contribution is -2.44. The minimum Gasteiger partial charge on any atom is -0.468 e. The second-order valence-corrected chi connectivity index (χ2v) is 9.79. The normalized spacial score (nSPS) is 12.5. The van der Waals surface area contributed by atoms with E-state index in [2.05, 4.69) is 14.3 Å². The molecule has 0 aliphatic rings. The van der Waals surface area contributed by atoms with Crippen molar-refractivity contribution in [2.75, 3.05) is 13.7 Å². The van der Waals surface area contributed by atoms with Crippen molar-refractivity contribution in [3.8, 4) is 0 Å². The first-order valence-electron chi connectivity index (χ1n) is 11.1. The van der Waals surface area contributed by atoms with Gasteiger partial charge in [-0.15, -0.1) is 0 Å². The fourth-order valence-corrected chi connectivity index (χ4v) is 4.94. The largest absolute Gasteiger partial charge is 0.468 e. The number of ether oxygens (including phenoxy) is 2. The van der Waals surface area contributed by atoms with Gasteiger partial charge in [0.15, 0.2) is 0 Å². The van der Waals surface area contributed by atoms with E-state index < -0.39 is 22.0 Å². The molecule has 0 spiro atoms. The van der Waals surface area contributed by atoms with E-state index in [1.165, 1.54) is 19.2 Å². The molecular formula is C26H27N3O5S. The maximum absolute atomic E-state index is 13.0. The van der Waals surface area contributed by atoms with Crippen molar-refractivity contribution in [3.05, 3.63) is 95.8 Å². The van der Waals surface area contributed by atoms with Crippen LogP contribution >= 0.6 is 0 Å². The third-order valence-electron chi connectivity index (χ3n) is 5.60. The van der Waals surface area contributed by atoms with Gasteiger partial charge in [0.25, 0.3) is 0 Å². The molecule has 0 saturated carbocycles. The van der Waals surface area contributed by atoms with Crippen LogP contribution in [0, 0.1) is 6.92 Å². The Labute approximate surface area is 204 Å². The Morgan fingerprint density at radius 1 is 0.971 bits per heavy atom. The standard InChI is InChI=1S/C26H27N3O5S/c1-19-27-23-10-6-7-11-25(23)29(19)16-20-12-14-22(15-13-20)35(31,32)28-24(26(30)33-2)18-34-17-21-8-4-3-5-9-21/h3-15,24,28H,16-18H2,1-2H3/t24-/m0/s1. The molecule has 4 rings (SSSR count). The molecular weight excluding hydrogens is 466 g/mol. The number of aromatic nitrogens is 2. The van der Waals surface area contributed by atoms with E-state index in [1.54, 1.807) is 12.1 Å². The molecule has 0 saturated heterocycles. The van der Waals surface area contributed by atoms with E-state index in [0.29, 0.717) is 6.54 Å². The van der Waals surface area contributed by atoms with E-state index in [9.17, 15) is 13.2 Å². The number of hydrogen-bond acceptors (Lipinski definition) is 6. The number of aryl methyl sites for hydroxylation is 1. The van der Waals surface area contributed by atoms with Crippen molar-refractivity contribution in [1.29, 1.82) is 0 Å². The van der Waals surface area contributed by atoms with Crippen LogP contribution in [0.25, 0.3) is 11.0 Å². The predicted octanol–water partition coefficient (Wildman–Crippen LogP) is 3.43. The number of carbonyl (C=O) groups is 1. The number of esters is 1. The molecule has 4 aromatic rings. The predicted molar refractivity (Wildman–Crippen MR) is 132 cm³/mol. The Bertz CT molecular complexity index is 1400. The van der Waals surface area contributed by atoms with Crippen LogP contribution in [0.4, 0.5) is 0 Å². The summed E-state index contributed by atoms with van der Waals surface area (Å²) < 4.78 is 40.7. The SMILES string of the molecule is COC(=O)[C@H](COCc1ccccc1)NS(=O)(=O)c1ccc(Cn2c(C)nc3ccccc32)cc1. The van der Waals surface area contributed by atoms with Gasteiger partial charge < -0.3 is 14.0 Å². The van der Waals surface area contributed by atoms with Crippen LogP contribution in [0.2, 0.25) is 0 Å². The van der Waals surface area contributed by atoms with E-state index in [-0.39, 0.29) is 18.1 Å².